The highest BCUT2D eigenvalue weighted by molar-refractivity contribution is 9.08. The predicted octanol–water partition coefficient (Wildman–Crippen LogP) is 2.96. The molecule has 0 spiro atoms. The van der Waals surface area contributed by atoms with Crippen molar-refractivity contribution < 1.29 is 8.42 Å². The fraction of sp³-hybridized carbons (Fsp3) is 0.0769. The molecule has 0 aliphatic heterocycles. The van der Waals surface area contributed by atoms with Gasteiger partial charge in [0.05, 0.1) is 4.90 Å². The van der Waals surface area contributed by atoms with Crippen LogP contribution in [0.3, 0.4) is 0 Å². The van der Waals surface area contributed by atoms with Crippen LogP contribution in [0, 0.1) is 0 Å². The van der Waals surface area contributed by atoms with E-state index < -0.39 is 10.0 Å². The number of sulfonamides is 1. The number of nitrogens with one attached hydrogen (secondary N) is 1. The van der Waals surface area contributed by atoms with Gasteiger partial charge in [0.2, 0.25) is 0 Å². The zero-order valence-electron chi connectivity index (χ0n) is 10.0. The van der Waals surface area contributed by atoms with Crippen molar-refractivity contribution in [3.8, 4) is 0 Å². The fourth-order valence-electron chi connectivity index (χ4n) is 1.56. The van der Waals surface area contributed by atoms with Crippen LogP contribution in [0.15, 0.2) is 53.4 Å². The summed E-state index contributed by atoms with van der Waals surface area (Å²) in [5.74, 6) is 0. The maximum atomic E-state index is 12.2. The molecule has 2 rings (SSSR count). The minimum absolute atomic E-state index is 0.237. The van der Waals surface area contributed by atoms with Crippen molar-refractivity contribution in [1.29, 1.82) is 0 Å². The van der Waals surface area contributed by atoms with Crippen molar-refractivity contribution in [2.75, 3.05) is 10.5 Å². The van der Waals surface area contributed by atoms with Gasteiger partial charge in [0, 0.05) is 16.7 Å². The molecule has 0 fully saturated rings. The number of benzene rings is 2. The summed E-state index contributed by atoms with van der Waals surface area (Å²) >= 11 is 3.30. The third-order valence-corrected chi connectivity index (χ3v) is 4.55. The third-order valence-electron chi connectivity index (χ3n) is 2.53. The van der Waals surface area contributed by atoms with E-state index in [0.29, 0.717) is 16.7 Å². The molecular formula is C13H13BrN2O2S. The van der Waals surface area contributed by atoms with Crippen molar-refractivity contribution in [2.45, 2.75) is 10.2 Å². The summed E-state index contributed by atoms with van der Waals surface area (Å²) in [4.78, 5) is 0.237. The summed E-state index contributed by atoms with van der Waals surface area (Å²) in [6, 6.07) is 13.3. The summed E-state index contributed by atoms with van der Waals surface area (Å²) in [6.07, 6.45) is 0. The first-order chi connectivity index (χ1) is 9.01. The lowest BCUT2D eigenvalue weighted by atomic mass is 10.2. The topological polar surface area (TPSA) is 72.2 Å². The average molecular weight is 341 g/mol. The van der Waals surface area contributed by atoms with E-state index >= 15 is 0 Å². The van der Waals surface area contributed by atoms with Crippen LogP contribution < -0.4 is 10.5 Å². The summed E-state index contributed by atoms with van der Waals surface area (Å²) in [5, 5.41) is 0.609. The van der Waals surface area contributed by atoms with Gasteiger partial charge in [-0.3, -0.25) is 4.72 Å². The van der Waals surface area contributed by atoms with Crippen molar-refractivity contribution in [3.05, 3.63) is 54.1 Å². The summed E-state index contributed by atoms with van der Waals surface area (Å²) in [5.41, 5.74) is 7.53. The molecule has 19 heavy (non-hydrogen) atoms. The Hall–Kier alpha value is -1.53. The highest BCUT2D eigenvalue weighted by Gasteiger charge is 2.14. The van der Waals surface area contributed by atoms with Gasteiger partial charge in [0.15, 0.2) is 0 Å². The molecule has 0 saturated carbocycles. The van der Waals surface area contributed by atoms with Gasteiger partial charge in [-0.25, -0.2) is 8.42 Å². The van der Waals surface area contributed by atoms with E-state index in [1.807, 2.05) is 6.07 Å². The molecular weight excluding hydrogens is 328 g/mol. The van der Waals surface area contributed by atoms with Crippen LogP contribution >= 0.6 is 15.9 Å². The monoisotopic (exact) mass is 340 g/mol. The summed E-state index contributed by atoms with van der Waals surface area (Å²) in [6.45, 7) is 0. The van der Waals surface area contributed by atoms with Crippen molar-refractivity contribution in [2.24, 2.45) is 0 Å². The molecule has 0 atom stereocenters. The van der Waals surface area contributed by atoms with Gasteiger partial charge in [-0.1, -0.05) is 28.1 Å². The van der Waals surface area contributed by atoms with Gasteiger partial charge in [-0.2, -0.15) is 0 Å². The normalized spacial score (nSPS) is 11.2. The first kappa shape index (κ1) is 13.9. The molecule has 0 aromatic heterocycles. The second-order valence-electron chi connectivity index (χ2n) is 4.01. The molecule has 2 aromatic rings. The lowest BCUT2D eigenvalue weighted by molar-refractivity contribution is 0.601. The zero-order valence-corrected chi connectivity index (χ0v) is 12.4. The summed E-state index contributed by atoms with van der Waals surface area (Å²) in [7, 11) is -3.57. The number of hydrogen-bond donors (Lipinski definition) is 2. The number of nitrogen functional groups attached to an aromatic ring is 1. The molecule has 0 radical (unpaired) electrons. The summed E-state index contributed by atoms with van der Waals surface area (Å²) < 4.78 is 26.9. The first-order valence-electron chi connectivity index (χ1n) is 5.54. The quantitative estimate of drug-likeness (QED) is 0.663. The van der Waals surface area contributed by atoms with Gasteiger partial charge in [-0.05, 0) is 42.0 Å². The number of hydrogen-bond acceptors (Lipinski definition) is 3. The minimum Gasteiger partial charge on any atom is -0.399 e. The molecule has 0 saturated heterocycles. The Bertz CT molecular complexity index is 669. The Morgan fingerprint density at radius 2 is 1.79 bits per heavy atom. The Morgan fingerprint density at radius 3 is 2.42 bits per heavy atom. The van der Waals surface area contributed by atoms with Gasteiger partial charge >= 0.3 is 0 Å². The van der Waals surface area contributed by atoms with E-state index in [1.54, 1.807) is 42.5 Å². The van der Waals surface area contributed by atoms with Crippen molar-refractivity contribution in [1.82, 2.24) is 0 Å². The van der Waals surface area contributed by atoms with Gasteiger partial charge < -0.3 is 5.73 Å². The van der Waals surface area contributed by atoms with Crippen LogP contribution in [0.25, 0.3) is 0 Å². The maximum absolute atomic E-state index is 12.2. The number of halogens is 1. The second-order valence-corrected chi connectivity index (χ2v) is 6.25. The van der Waals surface area contributed by atoms with Crippen molar-refractivity contribution in [3.63, 3.8) is 0 Å². The van der Waals surface area contributed by atoms with Crippen LogP contribution in [-0.4, -0.2) is 8.42 Å². The molecule has 0 aliphatic rings. The van der Waals surface area contributed by atoms with Crippen LogP contribution in [0.1, 0.15) is 5.56 Å². The maximum Gasteiger partial charge on any atom is 0.261 e. The molecule has 0 amide bonds. The molecule has 2 aromatic carbocycles. The Kier molecular flexibility index (Phi) is 4.11. The molecule has 3 N–H and O–H groups in total. The average Bonchev–Trinajstić information content (AvgIpc) is 2.41. The highest BCUT2D eigenvalue weighted by Crippen LogP contribution is 2.19. The van der Waals surface area contributed by atoms with E-state index in [1.165, 1.54) is 0 Å². The van der Waals surface area contributed by atoms with E-state index in [0.717, 1.165) is 5.56 Å². The molecule has 100 valence electrons. The van der Waals surface area contributed by atoms with Gasteiger partial charge in [0.25, 0.3) is 10.0 Å². The van der Waals surface area contributed by atoms with E-state index in [9.17, 15) is 8.42 Å². The largest absolute Gasteiger partial charge is 0.399 e. The smallest absolute Gasteiger partial charge is 0.261 e. The second kappa shape index (κ2) is 5.63. The first-order valence-corrected chi connectivity index (χ1v) is 8.15. The minimum atomic E-state index is -3.57. The highest BCUT2D eigenvalue weighted by atomic mass is 79.9. The van der Waals surface area contributed by atoms with Gasteiger partial charge in [0.1, 0.15) is 0 Å². The zero-order chi connectivity index (χ0) is 13.9. The fourth-order valence-corrected chi connectivity index (χ4v) is 3.04. The predicted molar refractivity (Wildman–Crippen MR) is 80.7 cm³/mol. The Balaban J connectivity index is 2.29. The Labute approximate surface area is 120 Å². The molecule has 4 nitrogen and oxygen atoms in total. The van der Waals surface area contributed by atoms with Crippen LogP contribution in [0.2, 0.25) is 0 Å². The third kappa shape index (κ3) is 3.48. The molecule has 0 heterocycles. The van der Waals surface area contributed by atoms with Crippen molar-refractivity contribution >= 4 is 37.3 Å². The number of alkyl halides is 1. The molecule has 6 heteroatoms. The Morgan fingerprint density at radius 1 is 1.11 bits per heavy atom. The molecule has 0 aliphatic carbocycles. The van der Waals surface area contributed by atoms with Crippen LogP contribution in [-0.2, 0) is 15.4 Å². The molecule has 0 unspecified atom stereocenters. The molecule has 0 bridgehead atoms. The van der Waals surface area contributed by atoms with Crippen LogP contribution in [0.5, 0.6) is 0 Å². The van der Waals surface area contributed by atoms with E-state index in [-0.39, 0.29) is 4.90 Å². The SMILES string of the molecule is Nc1ccc(NS(=O)(=O)c2cccc(CBr)c2)cc1. The van der Waals surface area contributed by atoms with Gasteiger partial charge in [-0.15, -0.1) is 0 Å². The van der Waals surface area contributed by atoms with Crippen LogP contribution in [0.4, 0.5) is 11.4 Å². The lowest BCUT2D eigenvalue weighted by Gasteiger charge is -2.09. The number of anilines is 2. The lowest BCUT2D eigenvalue weighted by Crippen LogP contribution is -2.13. The van der Waals surface area contributed by atoms with E-state index in [2.05, 4.69) is 20.7 Å². The number of rotatable bonds is 4. The number of nitrogens with two attached hydrogens (primary N) is 1. The van der Waals surface area contributed by atoms with E-state index in [4.69, 9.17) is 5.73 Å². The standard InChI is InChI=1S/C13H13BrN2O2S/c14-9-10-2-1-3-13(8-10)19(17,18)16-12-6-4-11(15)5-7-12/h1-8,16H,9,15H2.